The molecule has 14 heavy (non-hydrogen) atoms. The molecule has 1 rings (SSSR count). The van der Waals surface area contributed by atoms with Crippen LogP contribution in [0, 0.1) is 6.92 Å². The molecule has 0 radical (unpaired) electrons. The van der Waals surface area contributed by atoms with Crippen molar-refractivity contribution in [2.75, 3.05) is 5.88 Å². The molecular weight excluding hydrogens is 266 g/mol. The zero-order chi connectivity index (χ0) is 11.2. The summed E-state index contributed by atoms with van der Waals surface area (Å²) in [4.78, 5) is 0. The molecular formula is C9H10Cl4O. The molecule has 0 heterocycles. The van der Waals surface area contributed by atoms with Crippen LogP contribution in [0.4, 0.5) is 0 Å². The fraction of sp³-hybridized carbons (Fsp3) is 0.333. The summed E-state index contributed by atoms with van der Waals surface area (Å²) in [5.74, 6) is 0.377. The molecule has 0 aliphatic carbocycles. The van der Waals surface area contributed by atoms with E-state index in [1.165, 1.54) is 0 Å². The average molecular weight is 276 g/mol. The predicted molar refractivity (Wildman–Crippen MR) is 63.9 cm³/mol. The SMILES string of the molecule is Cc1cccc(O)c1.ClCC(Cl)(Cl)Cl. The van der Waals surface area contributed by atoms with Gasteiger partial charge in [-0.1, -0.05) is 46.9 Å². The molecule has 0 bridgehead atoms. The van der Waals surface area contributed by atoms with E-state index in [1.54, 1.807) is 12.1 Å². The Morgan fingerprint density at radius 2 is 1.79 bits per heavy atom. The van der Waals surface area contributed by atoms with Gasteiger partial charge in [-0.15, -0.1) is 11.6 Å². The van der Waals surface area contributed by atoms with Crippen LogP contribution in [0.2, 0.25) is 0 Å². The minimum Gasteiger partial charge on any atom is -0.508 e. The third kappa shape index (κ3) is 8.76. The molecule has 5 heteroatoms. The summed E-state index contributed by atoms with van der Waals surface area (Å²) in [5.41, 5.74) is 1.09. The third-order valence-electron chi connectivity index (χ3n) is 1.15. The molecule has 0 fully saturated rings. The number of hydrogen-bond acceptors (Lipinski definition) is 1. The first kappa shape index (κ1) is 14.2. The molecule has 1 aromatic carbocycles. The zero-order valence-electron chi connectivity index (χ0n) is 7.48. The second-order valence-corrected chi connectivity index (χ2v) is 5.37. The van der Waals surface area contributed by atoms with Gasteiger partial charge in [0.15, 0.2) is 0 Å². The van der Waals surface area contributed by atoms with Crippen LogP contribution >= 0.6 is 46.4 Å². The lowest BCUT2D eigenvalue weighted by Crippen LogP contribution is -2.01. The Kier molecular flexibility index (Phi) is 6.71. The lowest BCUT2D eigenvalue weighted by molar-refractivity contribution is 0.475. The molecule has 1 aromatic rings. The van der Waals surface area contributed by atoms with Crippen LogP contribution in [0.25, 0.3) is 0 Å². The van der Waals surface area contributed by atoms with Gasteiger partial charge < -0.3 is 5.11 Å². The quantitative estimate of drug-likeness (QED) is 0.700. The maximum atomic E-state index is 8.81. The molecule has 0 atom stereocenters. The standard InChI is InChI=1S/C7H8O.C2H2Cl4/c1-6-3-2-4-7(8)5-6;3-1-2(4,5)6/h2-5,8H,1H3;1H2. The Morgan fingerprint density at radius 3 is 2.00 bits per heavy atom. The Balaban J connectivity index is 0.000000255. The van der Waals surface area contributed by atoms with Gasteiger partial charge in [-0.25, -0.2) is 0 Å². The highest BCUT2D eigenvalue weighted by molar-refractivity contribution is 6.69. The van der Waals surface area contributed by atoms with Crippen LogP contribution in [-0.2, 0) is 0 Å². The highest BCUT2D eigenvalue weighted by atomic mass is 35.6. The van der Waals surface area contributed by atoms with Gasteiger partial charge >= 0.3 is 0 Å². The van der Waals surface area contributed by atoms with Gasteiger partial charge in [0.05, 0.1) is 5.88 Å². The predicted octanol–water partition coefficient (Wildman–Crippen LogP) is 4.30. The number of alkyl halides is 4. The molecule has 80 valence electrons. The smallest absolute Gasteiger partial charge is 0.203 e. The maximum absolute atomic E-state index is 8.81. The summed E-state index contributed by atoms with van der Waals surface area (Å²) >= 11 is 20.4. The first-order valence-electron chi connectivity index (χ1n) is 3.73. The van der Waals surface area contributed by atoms with Crippen molar-refractivity contribution < 1.29 is 5.11 Å². The number of hydrogen-bond donors (Lipinski definition) is 1. The lowest BCUT2D eigenvalue weighted by Gasteiger charge is -2.00. The van der Waals surface area contributed by atoms with Crippen LogP contribution in [-0.4, -0.2) is 14.8 Å². The van der Waals surface area contributed by atoms with Gasteiger partial charge in [0.1, 0.15) is 5.75 Å². The molecule has 0 unspecified atom stereocenters. The van der Waals surface area contributed by atoms with Gasteiger partial charge in [-0.05, 0) is 24.6 Å². The van der Waals surface area contributed by atoms with E-state index in [0.717, 1.165) is 5.56 Å². The zero-order valence-corrected chi connectivity index (χ0v) is 10.5. The minimum atomic E-state index is -1.28. The summed E-state index contributed by atoms with van der Waals surface area (Å²) in [6, 6.07) is 7.15. The van der Waals surface area contributed by atoms with Crippen molar-refractivity contribution in [2.45, 2.75) is 10.7 Å². The maximum Gasteiger partial charge on any atom is 0.203 e. The van der Waals surface area contributed by atoms with E-state index in [9.17, 15) is 0 Å². The average Bonchev–Trinajstić information content (AvgIpc) is 2.03. The first-order chi connectivity index (χ1) is 6.35. The van der Waals surface area contributed by atoms with E-state index in [2.05, 4.69) is 0 Å². The van der Waals surface area contributed by atoms with Crippen molar-refractivity contribution in [1.29, 1.82) is 0 Å². The number of benzene rings is 1. The summed E-state index contributed by atoms with van der Waals surface area (Å²) in [5, 5.41) is 8.81. The van der Waals surface area contributed by atoms with Crippen LogP contribution in [0.1, 0.15) is 5.56 Å². The van der Waals surface area contributed by atoms with Crippen LogP contribution < -0.4 is 0 Å². The second-order valence-electron chi connectivity index (χ2n) is 2.59. The van der Waals surface area contributed by atoms with Gasteiger partial charge in [-0.2, -0.15) is 0 Å². The number of aryl methyl sites for hydroxylation is 1. The summed E-state index contributed by atoms with van der Waals surface area (Å²) in [7, 11) is 0. The normalized spacial score (nSPS) is 10.4. The van der Waals surface area contributed by atoms with Gasteiger partial charge in [0.2, 0.25) is 3.79 Å². The summed E-state index contributed by atoms with van der Waals surface area (Å²) in [6.07, 6.45) is 0. The Bertz CT molecular complexity index is 253. The Hall–Kier alpha value is 0.180. The van der Waals surface area contributed by atoms with Crippen molar-refractivity contribution >= 4 is 46.4 Å². The fourth-order valence-electron chi connectivity index (χ4n) is 0.628. The fourth-order valence-corrected chi connectivity index (χ4v) is 0.628. The molecule has 1 nitrogen and oxygen atoms in total. The molecule has 1 N–H and O–H groups in total. The topological polar surface area (TPSA) is 20.2 Å². The van der Waals surface area contributed by atoms with E-state index < -0.39 is 3.79 Å². The number of phenolic OH excluding ortho intramolecular Hbond substituents is 1. The lowest BCUT2D eigenvalue weighted by atomic mass is 10.2. The molecule has 0 aromatic heterocycles. The van der Waals surface area contributed by atoms with E-state index in [0.29, 0.717) is 5.75 Å². The van der Waals surface area contributed by atoms with Crippen LogP contribution in [0.15, 0.2) is 24.3 Å². The van der Waals surface area contributed by atoms with Crippen molar-refractivity contribution in [3.8, 4) is 5.75 Å². The Labute approximate surface area is 104 Å². The highest BCUT2D eigenvalue weighted by Crippen LogP contribution is 2.26. The number of phenols is 1. The van der Waals surface area contributed by atoms with E-state index in [-0.39, 0.29) is 5.88 Å². The minimum absolute atomic E-state index is 0.0394. The number of rotatable bonds is 0. The summed E-state index contributed by atoms with van der Waals surface area (Å²) < 4.78 is -1.28. The van der Waals surface area contributed by atoms with Crippen molar-refractivity contribution in [2.24, 2.45) is 0 Å². The van der Waals surface area contributed by atoms with E-state index in [1.807, 2.05) is 19.1 Å². The number of halogens is 4. The van der Waals surface area contributed by atoms with Crippen molar-refractivity contribution in [3.05, 3.63) is 29.8 Å². The van der Waals surface area contributed by atoms with Gasteiger partial charge in [0.25, 0.3) is 0 Å². The number of aromatic hydroxyl groups is 1. The van der Waals surface area contributed by atoms with Crippen LogP contribution in [0.5, 0.6) is 5.75 Å². The molecule has 0 saturated heterocycles. The van der Waals surface area contributed by atoms with Gasteiger partial charge in [0, 0.05) is 0 Å². The summed E-state index contributed by atoms with van der Waals surface area (Å²) in [6.45, 7) is 1.94. The Morgan fingerprint density at radius 1 is 1.29 bits per heavy atom. The van der Waals surface area contributed by atoms with E-state index in [4.69, 9.17) is 51.5 Å². The second kappa shape index (κ2) is 6.62. The van der Waals surface area contributed by atoms with Crippen molar-refractivity contribution in [3.63, 3.8) is 0 Å². The highest BCUT2D eigenvalue weighted by Gasteiger charge is 2.16. The van der Waals surface area contributed by atoms with Crippen LogP contribution in [0.3, 0.4) is 0 Å². The van der Waals surface area contributed by atoms with Gasteiger partial charge in [-0.3, -0.25) is 0 Å². The molecule has 0 amide bonds. The first-order valence-corrected chi connectivity index (χ1v) is 5.40. The molecule has 0 aliphatic heterocycles. The molecule has 0 spiro atoms. The third-order valence-corrected chi connectivity index (χ3v) is 2.37. The van der Waals surface area contributed by atoms with E-state index >= 15 is 0 Å². The van der Waals surface area contributed by atoms with Crippen molar-refractivity contribution in [1.82, 2.24) is 0 Å². The molecule has 0 aliphatic rings. The largest absolute Gasteiger partial charge is 0.508 e. The molecule has 0 saturated carbocycles. The monoisotopic (exact) mass is 274 g/mol.